The molecule has 3 aromatic rings. The third kappa shape index (κ3) is 8.54. The molecular weight excluding hydrogens is 563 g/mol. The molecule has 0 fully saturated rings. The second-order valence-corrected chi connectivity index (χ2v) is 10.6. The zero-order valence-corrected chi connectivity index (χ0v) is 23.3. The van der Waals surface area contributed by atoms with Gasteiger partial charge in [0.1, 0.15) is 11.8 Å². The Morgan fingerprint density at radius 3 is 2.36 bits per heavy atom. The maximum atomic E-state index is 13.6. The average Bonchev–Trinajstić information content (AvgIpc) is 2.84. The molecule has 0 spiro atoms. The van der Waals surface area contributed by atoms with Gasteiger partial charge >= 0.3 is 0 Å². The number of hydrogen-bond donors (Lipinski definition) is 1. The second-order valence-electron chi connectivity index (χ2n) is 8.86. The fourth-order valence-corrected chi connectivity index (χ4v) is 4.53. The van der Waals surface area contributed by atoms with Crippen LogP contribution in [0.1, 0.15) is 25.0 Å². The summed E-state index contributed by atoms with van der Waals surface area (Å²) < 4.78 is 6.64. The Morgan fingerprint density at radius 2 is 1.69 bits per heavy atom. The van der Waals surface area contributed by atoms with E-state index in [9.17, 15) is 9.59 Å². The summed E-state index contributed by atoms with van der Waals surface area (Å²) in [6.45, 7) is 4.53. The van der Waals surface area contributed by atoms with Gasteiger partial charge in [-0.15, -0.1) is 0 Å². The normalized spacial score (nSPS) is 11.7. The topological polar surface area (TPSA) is 58.6 Å². The predicted molar refractivity (Wildman–Crippen MR) is 148 cm³/mol. The van der Waals surface area contributed by atoms with Gasteiger partial charge in [0.15, 0.2) is 6.61 Å². The van der Waals surface area contributed by atoms with Crippen LogP contribution in [0.4, 0.5) is 0 Å². The molecule has 5 nitrogen and oxygen atoms in total. The number of benzene rings is 3. The molecule has 36 heavy (non-hydrogen) atoms. The van der Waals surface area contributed by atoms with Crippen LogP contribution in [0.15, 0.2) is 77.3 Å². The molecular formula is C28H29BrCl2N2O3. The van der Waals surface area contributed by atoms with Crippen molar-refractivity contribution in [3.05, 3.63) is 98.4 Å². The maximum absolute atomic E-state index is 13.6. The number of hydrogen-bond acceptors (Lipinski definition) is 3. The summed E-state index contributed by atoms with van der Waals surface area (Å²) in [7, 11) is 0. The van der Waals surface area contributed by atoms with Crippen LogP contribution in [0.2, 0.25) is 10.0 Å². The minimum Gasteiger partial charge on any atom is -0.482 e. The van der Waals surface area contributed by atoms with E-state index in [0.29, 0.717) is 28.8 Å². The van der Waals surface area contributed by atoms with Crippen molar-refractivity contribution in [1.82, 2.24) is 10.2 Å². The van der Waals surface area contributed by atoms with Crippen molar-refractivity contribution in [3.63, 3.8) is 0 Å². The second kappa shape index (κ2) is 13.7. The Hall–Kier alpha value is -2.54. The molecule has 0 saturated carbocycles. The monoisotopic (exact) mass is 590 g/mol. The number of nitrogens with one attached hydrogen (secondary N) is 1. The van der Waals surface area contributed by atoms with E-state index >= 15 is 0 Å². The van der Waals surface area contributed by atoms with E-state index in [-0.39, 0.29) is 30.9 Å². The average molecular weight is 592 g/mol. The fraction of sp³-hybridized carbons (Fsp3) is 0.286. The van der Waals surface area contributed by atoms with E-state index in [0.717, 1.165) is 15.6 Å². The van der Waals surface area contributed by atoms with Gasteiger partial charge in [-0.1, -0.05) is 95.4 Å². The standard InChI is InChI=1S/C28H29BrCl2N2O3/c1-19(2)16-32-28(35)25(14-20-7-4-3-5-8-20)33(17-21-9-6-10-22(29)13-21)27(34)18-36-26-12-11-23(30)15-24(26)31/h3-13,15,19,25H,14,16-18H2,1-2H3,(H,32,35). The number of carbonyl (C=O) groups is 2. The van der Waals surface area contributed by atoms with Crippen LogP contribution in [-0.2, 0) is 22.6 Å². The molecule has 3 rings (SSSR count). The lowest BCUT2D eigenvalue weighted by molar-refractivity contribution is -0.142. The van der Waals surface area contributed by atoms with E-state index in [4.69, 9.17) is 27.9 Å². The third-order valence-electron chi connectivity index (χ3n) is 5.44. The molecule has 8 heteroatoms. The van der Waals surface area contributed by atoms with Gasteiger partial charge in [-0.2, -0.15) is 0 Å². The molecule has 0 aliphatic rings. The van der Waals surface area contributed by atoms with Crippen LogP contribution in [0.5, 0.6) is 5.75 Å². The van der Waals surface area contributed by atoms with Crippen LogP contribution < -0.4 is 10.1 Å². The van der Waals surface area contributed by atoms with Crippen LogP contribution in [0.25, 0.3) is 0 Å². The van der Waals surface area contributed by atoms with Gasteiger partial charge in [0, 0.05) is 29.0 Å². The van der Waals surface area contributed by atoms with Gasteiger partial charge in [0.2, 0.25) is 5.91 Å². The molecule has 1 atom stereocenters. The van der Waals surface area contributed by atoms with Crippen molar-refractivity contribution in [2.24, 2.45) is 5.92 Å². The Bertz CT molecular complexity index is 1170. The SMILES string of the molecule is CC(C)CNC(=O)C(Cc1ccccc1)N(Cc1cccc(Br)c1)C(=O)COc1ccc(Cl)cc1Cl. The van der Waals surface area contributed by atoms with Crippen molar-refractivity contribution >= 4 is 50.9 Å². The lowest BCUT2D eigenvalue weighted by Gasteiger charge is -2.31. The van der Waals surface area contributed by atoms with Crippen molar-refractivity contribution in [3.8, 4) is 5.75 Å². The highest BCUT2D eigenvalue weighted by molar-refractivity contribution is 9.10. The molecule has 0 aliphatic heterocycles. The van der Waals surface area contributed by atoms with Crippen LogP contribution in [0, 0.1) is 5.92 Å². The molecule has 0 bridgehead atoms. The summed E-state index contributed by atoms with van der Waals surface area (Å²) >= 11 is 15.7. The minimum atomic E-state index is -0.734. The summed E-state index contributed by atoms with van der Waals surface area (Å²) in [5.41, 5.74) is 1.84. The number of nitrogens with zero attached hydrogens (tertiary/aromatic N) is 1. The molecule has 0 heterocycles. The summed E-state index contributed by atoms with van der Waals surface area (Å²) in [4.78, 5) is 28.6. The largest absolute Gasteiger partial charge is 0.482 e. The Morgan fingerprint density at radius 1 is 0.972 bits per heavy atom. The first-order valence-electron chi connectivity index (χ1n) is 11.7. The smallest absolute Gasteiger partial charge is 0.261 e. The van der Waals surface area contributed by atoms with E-state index in [1.165, 1.54) is 0 Å². The van der Waals surface area contributed by atoms with Crippen molar-refractivity contribution in [1.29, 1.82) is 0 Å². The number of amides is 2. The Kier molecular flexibility index (Phi) is 10.7. The zero-order chi connectivity index (χ0) is 26.1. The maximum Gasteiger partial charge on any atom is 0.261 e. The molecule has 0 saturated heterocycles. The van der Waals surface area contributed by atoms with Gasteiger partial charge in [0.05, 0.1) is 5.02 Å². The van der Waals surface area contributed by atoms with E-state index < -0.39 is 6.04 Å². The number of rotatable bonds is 11. The van der Waals surface area contributed by atoms with Crippen LogP contribution in [-0.4, -0.2) is 35.9 Å². The Labute approximate surface area is 230 Å². The van der Waals surface area contributed by atoms with E-state index in [1.807, 2.05) is 68.4 Å². The highest BCUT2D eigenvalue weighted by atomic mass is 79.9. The molecule has 1 unspecified atom stereocenters. The molecule has 2 amide bonds. The molecule has 0 radical (unpaired) electrons. The van der Waals surface area contributed by atoms with Crippen molar-refractivity contribution in [2.45, 2.75) is 32.9 Å². The van der Waals surface area contributed by atoms with Crippen LogP contribution >= 0.6 is 39.1 Å². The summed E-state index contributed by atoms with van der Waals surface area (Å²) in [6, 6.07) is 21.4. The predicted octanol–water partition coefficient (Wildman–Crippen LogP) is 6.55. The first-order valence-corrected chi connectivity index (χ1v) is 13.2. The highest BCUT2D eigenvalue weighted by Crippen LogP contribution is 2.27. The summed E-state index contributed by atoms with van der Waals surface area (Å²) in [5, 5.41) is 3.79. The van der Waals surface area contributed by atoms with Crippen molar-refractivity contribution < 1.29 is 14.3 Å². The van der Waals surface area contributed by atoms with Gasteiger partial charge in [0.25, 0.3) is 5.91 Å². The quantitative estimate of drug-likeness (QED) is 0.275. The lowest BCUT2D eigenvalue weighted by Crippen LogP contribution is -2.52. The van der Waals surface area contributed by atoms with Gasteiger partial charge in [-0.3, -0.25) is 9.59 Å². The summed E-state index contributed by atoms with van der Waals surface area (Å²) in [6.07, 6.45) is 0.367. The number of carbonyl (C=O) groups excluding carboxylic acids is 2. The van der Waals surface area contributed by atoms with E-state index in [2.05, 4.69) is 21.2 Å². The molecule has 3 aromatic carbocycles. The highest BCUT2D eigenvalue weighted by Gasteiger charge is 2.31. The zero-order valence-electron chi connectivity index (χ0n) is 20.2. The molecule has 0 aromatic heterocycles. The lowest BCUT2D eigenvalue weighted by atomic mass is 10.0. The number of halogens is 3. The van der Waals surface area contributed by atoms with Crippen LogP contribution in [0.3, 0.4) is 0 Å². The number of ether oxygens (including phenoxy) is 1. The third-order valence-corrected chi connectivity index (χ3v) is 6.47. The summed E-state index contributed by atoms with van der Waals surface area (Å²) in [5.74, 6) is 0.0821. The first-order chi connectivity index (χ1) is 17.2. The van der Waals surface area contributed by atoms with Gasteiger partial charge in [-0.25, -0.2) is 0 Å². The Balaban J connectivity index is 1.91. The first kappa shape index (κ1) is 28.0. The minimum absolute atomic E-state index is 0.208. The molecule has 0 aliphatic carbocycles. The van der Waals surface area contributed by atoms with E-state index in [1.54, 1.807) is 23.1 Å². The molecule has 190 valence electrons. The van der Waals surface area contributed by atoms with Crippen molar-refractivity contribution in [2.75, 3.05) is 13.2 Å². The fourth-order valence-electron chi connectivity index (χ4n) is 3.62. The van der Waals surface area contributed by atoms with Gasteiger partial charge in [-0.05, 0) is 47.4 Å². The molecule has 1 N–H and O–H groups in total. The van der Waals surface area contributed by atoms with Gasteiger partial charge < -0.3 is 15.0 Å².